The molecule has 0 aromatic heterocycles. The number of nitrogens with one attached hydrogen (secondary N) is 2. The number of halogens is 1. The van der Waals surface area contributed by atoms with Crippen LogP contribution in [0.25, 0.3) is 0 Å². The molecule has 0 unspecified atom stereocenters. The number of hydrogen-bond donors (Lipinski definition) is 2. The summed E-state index contributed by atoms with van der Waals surface area (Å²) in [5.41, 5.74) is -0.352. The van der Waals surface area contributed by atoms with Gasteiger partial charge < -0.3 is 25.0 Å². The smallest absolute Gasteiger partial charge is 0.310 e. The Hall–Kier alpha value is -2.65. The summed E-state index contributed by atoms with van der Waals surface area (Å²) in [6.07, 6.45) is 1.17. The van der Waals surface area contributed by atoms with E-state index in [1.165, 1.54) is 4.90 Å². The minimum absolute atomic E-state index is 0.00951. The Balaban J connectivity index is 1.78. The Morgan fingerprint density at radius 2 is 1.94 bits per heavy atom. The molecule has 192 valence electrons. The van der Waals surface area contributed by atoms with Crippen LogP contribution in [0.2, 0.25) is 5.02 Å². The highest BCUT2D eigenvalue weighted by Crippen LogP contribution is 2.27. The maximum absolute atomic E-state index is 13.8. The second kappa shape index (κ2) is 11.4. The summed E-state index contributed by atoms with van der Waals surface area (Å²) >= 11 is 6.18. The van der Waals surface area contributed by atoms with E-state index >= 15 is 0 Å². The zero-order chi connectivity index (χ0) is 25.8. The van der Waals surface area contributed by atoms with Crippen molar-refractivity contribution in [2.45, 2.75) is 77.8 Å². The van der Waals surface area contributed by atoms with Gasteiger partial charge in [-0.1, -0.05) is 44.5 Å². The third-order valence-corrected chi connectivity index (χ3v) is 6.55. The Labute approximate surface area is 210 Å². The van der Waals surface area contributed by atoms with Crippen molar-refractivity contribution in [3.63, 3.8) is 0 Å². The van der Waals surface area contributed by atoms with Crippen molar-refractivity contribution in [2.75, 3.05) is 13.2 Å². The Morgan fingerprint density at radius 3 is 2.60 bits per heavy atom. The van der Waals surface area contributed by atoms with Gasteiger partial charge in [-0.2, -0.15) is 0 Å². The van der Waals surface area contributed by atoms with E-state index in [0.29, 0.717) is 19.6 Å². The molecule has 2 aliphatic heterocycles. The average molecular weight is 508 g/mol. The monoisotopic (exact) mass is 507 g/mol. The summed E-state index contributed by atoms with van der Waals surface area (Å²) in [5.74, 6) is -1.60. The molecule has 0 radical (unpaired) electrons. The van der Waals surface area contributed by atoms with Gasteiger partial charge in [0.15, 0.2) is 0 Å². The third kappa shape index (κ3) is 6.52. The Kier molecular flexibility index (Phi) is 8.77. The first-order valence-corrected chi connectivity index (χ1v) is 12.4. The molecule has 1 aromatic carbocycles. The molecular weight excluding hydrogens is 474 g/mol. The third-order valence-electron chi connectivity index (χ3n) is 6.22. The van der Waals surface area contributed by atoms with Crippen molar-refractivity contribution in [1.29, 1.82) is 0 Å². The van der Waals surface area contributed by atoms with Gasteiger partial charge in [-0.3, -0.25) is 19.2 Å². The molecule has 2 fully saturated rings. The number of piperidine rings is 1. The van der Waals surface area contributed by atoms with Crippen LogP contribution in [0.4, 0.5) is 0 Å². The van der Waals surface area contributed by atoms with Crippen LogP contribution in [0.15, 0.2) is 24.3 Å². The van der Waals surface area contributed by atoms with E-state index in [9.17, 15) is 19.2 Å². The molecule has 0 aliphatic carbocycles. The Morgan fingerprint density at radius 1 is 1.23 bits per heavy atom. The first-order chi connectivity index (χ1) is 16.5. The molecule has 2 aliphatic rings. The second-order valence-corrected chi connectivity index (χ2v) is 10.3. The minimum atomic E-state index is -0.882. The molecule has 2 saturated heterocycles. The number of benzene rings is 1. The molecule has 0 bridgehead atoms. The highest BCUT2D eigenvalue weighted by atomic mass is 35.5. The van der Waals surface area contributed by atoms with Crippen molar-refractivity contribution in [3.8, 4) is 0 Å². The molecule has 3 amide bonds. The topological polar surface area (TPSA) is 114 Å². The molecule has 4 atom stereocenters. The number of carbonyl (C=O) groups is 4. The standard InChI is InChI=1S/C25H34ClN3O6/c1-5-34-24-17(14-19(30)35-24)27-22(32)18-12-8-9-13-29(18)23(33)20(25(2,3)4)28-21(31)15-10-6-7-11-16(15)26/h6-7,10-11,17-18,20,24H,5,8-9,12-14H2,1-4H3,(H,27,32)(H,28,31)/t17-,18-,20+,24+/m0/s1. The zero-order valence-electron chi connectivity index (χ0n) is 20.6. The number of likely N-dealkylation sites (tertiary alicyclic amines) is 1. The van der Waals surface area contributed by atoms with E-state index in [4.69, 9.17) is 21.1 Å². The lowest BCUT2D eigenvalue weighted by atomic mass is 9.84. The maximum Gasteiger partial charge on any atom is 0.310 e. The normalized spacial score (nSPS) is 23.4. The largest absolute Gasteiger partial charge is 0.433 e. The van der Waals surface area contributed by atoms with Gasteiger partial charge in [0.05, 0.1) is 17.0 Å². The van der Waals surface area contributed by atoms with Crippen LogP contribution in [0, 0.1) is 5.41 Å². The van der Waals surface area contributed by atoms with Crippen molar-refractivity contribution in [2.24, 2.45) is 5.41 Å². The molecule has 10 heteroatoms. The average Bonchev–Trinajstić information content (AvgIpc) is 3.15. The number of nitrogens with zero attached hydrogens (tertiary/aromatic N) is 1. The minimum Gasteiger partial charge on any atom is -0.433 e. The van der Waals surface area contributed by atoms with E-state index in [-0.39, 0.29) is 28.8 Å². The number of carbonyl (C=O) groups excluding carboxylic acids is 4. The van der Waals surface area contributed by atoms with Gasteiger partial charge in [0, 0.05) is 13.2 Å². The summed E-state index contributed by atoms with van der Waals surface area (Å²) in [6.45, 7) is 8.06. The number of amides is 3. The number of hydrogen-bond acceptors (Lipinski definition) is 6. The molecule has 1 aromatic rings. The van der Waals surface area contributed by atoms with Crippen LogP contribution in [0.1, 0.15) is 63.7 Å². The van der Waals surface area contributed by atoms with Gasteiger partial charge in [0.2, 0.25) is 18.1 Å². The van der Waals surface area contributed by atoms with Crippen molar-refractivity contribution < 1.29 is 28.7 Å². The number of rotatable bonds is 7. The van der Waals surface area contributed by atoms with E-state index in [2.05, 4.69) is 10.6 Å². The van der Waals surface area contributed by atoms with Crippen molar-refractivity contribution in [3.05, 3.63) is 34.9 Å². The van der Waals surface area contributed by atoms with Crippen LogP contribution in [0.5, 0.6) is 0 Å². The van der Waals surface area contributed by atoms with Gasteiger partial charge in [0.25, 0.3) is 5.91 Å². The van der Waals surface area contributed by atoms with Crippen LogP contribution in [-0.2, 0) is 23.9 Å². The molecule has 35 heavy (non-hydrogen) atoms. The molecule has 9 nitrogen and oxygen atoms in total. The fraction of sp³-hybridized carbons (Fsp3) is 0.600. The zero-order valence-corrected chi connectivity index (χ0v) is 21.4. The maximum atomic E-state index is 13.8. The van der Waals surface area contributed by atoms with Crippen LogP contribution >= 0.6 is 11.6 Å². The van der Waals surface area contributed by atoms with Crippen LogP contribution in [-0.4, -0.2) is 66.2 Å². The lowest BCUT2D eigenvalue weighted by molar-refractivity contribution is -0.165. The van der Waals surface area contributed by atoms with Gasteiger partial charge >= 0.3 is 5.97 Å². The SMILES string of the molecule is CCO[C@@H]1OC(=O)C[C@@H]1NC(=O)[C@@H]1CCCCN1C(=O)[C@@H](NC(=O)c1ccccc1Cl)C(C)(C)C. The fourth-order valence-corrected chi connectivity index (χ4v) is 4.61. The van der Waals surface area contributed by atoms with Crippen LogP contribution < -0.4 is 10.6 Å². The van der Waals surface area contributed by atoms with Gasteiger partial charge in [-0.05, 0) is 43.7 Å². The summed E-state index contributed by atoms with van der Waals surface area (Å²) < 4.78 is 10.6. The number of ether oxygens (including phenoxy) is 2. The molecule has 2 heterocycles. The highest BCUT2D eigenvalue weighted by molar-refractivity contribution is 6.33. The fourth-order valence-electron chi connectivity index (χ4n) is 4.38. The summed E-state index contributed by atoms with van der Waals surface area (Å²) in [4.78, 5) is 53.3. The van der Waals surface area contributed by atoms with E-state index < -0.39 is 41.7 Å². The first-order valence-electron chi connectivity index (χ1n) is 12.0. The van der Waals surface area contributed by atoms with Gasteiger partial charge in [0.1, 0.15) is 18.1 Å². The van der Waals surface area contributed by atoms with Crippen molar-refractivity contribution >= 4 is 35.3 Å². The Bertz CT molecular complexity index is 963. The van der Waals surface area contributed by atoms with Gasteiger partial charge in [-0.25, -0.2) is 0 Å². The van der Waals surface area contributed by atoms with E-state index in [1.54, 1.807) is 31.2 Å². The lowest BCUT2D eigenvalue weighted by Gasteiger charge is -2.40. The highest BCUT2D eigenvalue weighted by Gasteiger charge is 2.43. The second-order valence-electron chi connectivity index (χ2n) is 9.93. The quantitative estimate of drug-likeness (QED) is 0.548. The summed E-state index contributed by atoms with van der Waals surface area (Å²) in [6, 6.07) is 4.41. The van der Waals surface area contributed by atoms with E-state index in [0.717, 1.165) is 12.8 Å². The number of esters is 1. The van der Waals surface area contributed by atoms with Crippen LogP contribution in [0.3, 0.4) is 0 Å². The van der Waals surface area contributed by atoms with Gasteiger partial charge in [-0.15, -0.1) is 0 Å². The molecule has 3 rings (SSSR count). The number of cyclic esters (lactones) is 1. The molecular formula is C25H34ClN3O6. The molecule has 0 spiro atoms. The van der Waals surface area contributed by atoms with E-state index in [1.807, 2.05) is 20.8 Å². The summed E-state index contributed by atoms with van der Waals surface area (Å²) in [7, 11) is 0. The molecule has 0 saturated carbocycles. The van der Waals surface area contributed by atoms with Crippen molar-refractivity contribution in [1.82, 2.24) is 15.5 Å². The lowest BCUT2D eigenvalue weighted by Crippen LogP contribution is -2.61. The first kappa shape index (κ1) is 26.9. The summed E-state index contributed by atoms with van der Waals surface area (Å²) in [5, 5.41) is 5.97. The predicted molar refractivity (Wildman–Crippen MR) is 130 cm³/mol. The molecule has 2 N–H and O–H groups in total. The predicted octanol–water partition coefficient (Wildman–Crippen LogP) is 2.66.